The van der Waals surface area contributed by atoms with Crippen LogP contribution in [0.1, 0.15) is 46.5 Å². The molecule has 0 spiro atoms. The van der Waals surface area contributed by atoms with E-state index in [0.717, 1.165) is 42.6 Å². The summed E-state index contributed by atoms with van der Waals surface area (Å²) in [6.45, 7) is 6.61. The zero-order chi connectivity index (χ0) is 23.6. The Morgan fingerprint density at radius 3 is 2.27 bits per heavy atom. The monoisotopic (exact) mass is 446 g/mol. The van der Waals surface area contributed by atoms with E-state index in [1.54, 1.807) is 9.58 Å². The van der Waals surface area contributed by atoms with Crippen molar-refractivity contribution < 1.29 is 9.59 Å². The standard InChI is InChI=1S/C27H34N4O2/c1-4-7-14-21(5-2)27(33)30(6-3)20-26(32)28-25-19-24(22-15-10-8-11-16-22)29-31(25)23-17-12-9-13-18-23/h8-13,15-19,21H,4-7,14,20H2,1-3H3,(H,28,32). The molecule has 0 fully saturated rings. The lowest BCUT2D eigenvalue weighted by molar-refractivity contribution is -0.138. The van der Waals surface area contributed by atoms with E-state index in [-0.39, 0.29) is 24.3 Å². The summed E-state index contributed by atoms with van der Waals surface area (Å²) < 4.78 is 1.73. The Bertz CT molecular complexity index is 1030. The van der Waals surface area contributed by atoms with Crippen molar-refractivity contribution in [2.45, 2.75) is 46.5 Å². The van der Waals surface area contributed by atoms with Crippen LogP contribution in [0.15, 0.2) is 66.7 Å². The van der Waals surface area contributed by atoms with E-state index in [0.29, 0.717) is 12.4 Å². The van der Waals surface area contributed by atoms with Gasteiger partial charge in [-0.25, -0.2) is 4.68 Å². The molecule has 1 N–H and O–H groups in total. The second kappa shape index (κ2) is 12.0. The number of nitrogens with zero attached hydrogens (tertiary/aromatic N) is 3. The molecular weight excluding hydrogens is 412 g/mol. The van der Waals surface area contributed by atoms with E-state index in [2.05, 4.69) is 12.2 Å². The average Bonchev–Trinajstić information content (AvgIpc) is 3.27. The molecule has 2 amide bonds. The number of nitrogens with one attached hydrogen (secondary N) is 1. The first-order valence-electron chi connectivity index (χ1n) is 11.9. The number of benzene rings is 2. The Morgan fingerprint density at radius 2 is 1.67 bits per heavy atom. The summed E-state index contributed by atoms with van der Waals surface area (Å²) >= 11 is 0. The largest absolute Gasteiger partial charge is 0.333 e. The highest BCUT2D eigenvalue weighted by molar-refractivity contribution is 5.95. The summed E-state index contributed by atoms with van der Waals surface area (Å²) in [5.74, 6) is 0.376. The number of amides is 2. The van der Waals surface area contributed by atoms with Crippen molar-refractivity contribution in [2.75, 3.05) is 18.4 Å². The molecule has 1 aromatic heterocycles. The van der Waals surface area contributed by atoms with Crippen LogP contribution < -0.4 is 5.32 Å². The minimum Gasteiger partial charge on any atom is -0.333 e. The lowest BCUT2D eigenvalue weighted by atomic mass is 9.97. The van der Waals surface area contributed by atoms with Crippen LogP contribution in [0, 0.1) is 5.92 Å². The summed E-state index contributed by atoms with van der Waals surface area (Å²) in [6.07, 6.45) is 3.74. The molecule has 0 aliphatic rings. The molecule has 0 aliphatic heterocycles. The average molecular weight is 447 g/mol. The summed E-state index contributed by atoms with van der Waals surface area (Å²) in [4.78, 5) is 27.7. The van der Waals surface area contributed by atoms with Crippen LogP contribution in [0.3, 0.4) is 0 Å². The van der Waals surface area contributed by atoms with Crippen molar-refractivity contribution in [3.63, 3.8) is 0 Å². The van der Waals surface area contributed by atoms with E-state index in [1.807, 2.05) is 80.6 Å². The molecule has 1 heterocycles. The Balaban J connectivity index is 1.80. The fourth-order valence-electron chi connectivity index (χ4n) is 3.90. The highest BCUT2D eigenvalue weighted by Gasteiger charge is 2.24. The van der Waals surface area contributed by atoms with Gasteiger partial charge in [-0.1, -0.05) is 75.2 Å². The molecule has 33 heavy (non-hydrogen) atoms. The summed E-state index contributed by atoms with van der Waals surface area (Å²) in [5, 5.41) is 7.72. The number of rotatable bonds is 11. The van der Waals surface area contributed by atoms with Gasteiger partial charge in [-0.2, -0.15) is 5.10 Å². The Morgan fingerprint density at radius 1 is 1.00 bits per heavy atom. The number of likely N-dealkylation sites (N-methyl/N-ethyl adjacent to an activating group) is 1. The van der Waals surface area contributed by atoms with Crippen molar-refractivity contribution in [1.82, 2.24) is 14.7 Å². The van der Waals surface area contributed by atoms with Crippen LogP contribution in [0.2, 0.25) is 0 Å². The maximum atomic E-state index is 13.0. The third-order valence-corrected chi connectivity index (χ3v) is 5.82. The molecule has 1 atom stereocenters. The highest BCUT2D eigenvalue weighted by atomic mass is 16.2. The normalized spacial score (nSPS) is 11.7. The van der Waals surface area contributed by atoms with Gasteiger partial charge in [0.25, 0.3) is 0 Å². The molecule has 174 valence electrons. The quantitative estimate of drug-likeness (QED) is 0.420. The van der Waals surface area contributed by atoms with Crippen LogP contribution in [0.25, 0.3) is 16.9 Å². The molecule has 6 heteroatoms. The third kappa shape index (κ3) is 6.31. The SMILES string of the molecule is CCCCC(CC)C(=O)N(CC)CC(=O)Nc1cc(-c2ccccc2)nn1-c1ccccc1. The van der Waals surface area contributed by atoms with Crippen molar-refractivity contribution in [3.8, 4) is 16.9 Å². The molecular formula is C27H34N4O2. The number of anilines is 1. The van der Waals surface area contributed by atoms with Gasteiger partial charge in [0.1, 0.15) is 5.82 Å². The minimum absolute atomic E-state index is 0.0264. The Kier molecular flexibility index (Phi) is 8.81. The highest BCUT2D eigenvalue weighted by Crippen LogP contribution is 2.25. The van der Waals surface area contributed by atoms with E-state index in [9.17, 15) is 9.59 Å². The number of para-hydroxylation sites is 1. The van der Waals surface area contributed by atoms with Gasteiger partial charge in [0.15, 0.2) is 0 Å². The Hall–Kier alpha value is -3.41. The van der Waals surface area contributed by atoms with Crippen molar-refractivity contribution in [1.29, 1.82) is 0 Å². The van der Waals surface area contributed by atoms with Gasteiger partial charge in [0.05, 0.1) is 17.9 Å². The first-order chi connectivity index (χ1) is 16.1. The number of carbonyl (C=O) groups excluding carboxylic acids is 2. The first-order valence-corrected chi connectivity index (χ1v) is 11.9. The third-order valence-electron chi connectivity index (χ3n) is 5.82. The van der Waals surface area contributed by atoms with Crippen LogP contribution in [0.4, 0.5) is 5.82 Å². The number of carbonyl (C=O) groups is 2. The van der Waals surface area contributed by atoms with Crippen LogP contribution >= 0.6 is 0 Å². The fourth-order valence-corrected chi connectivity index (χ4v) is 3.90. The summed E-state index contributed by atoms with van der Waals surface area (Å²) in [7, 11) is 0. The molecule has 6 nitrogen and oxygen atoms in total. The zero-order valence-corrected chi connectivity index (χ0v) is 19.8. The second-order valence-corrected chi connectivity index (χ2v) is 8.18. The van der Waals surface area contributed by atoms with E-state index >= 15 is 0 Å². The lowest BCUT2D eigenvalue weighted by Gasteiger charge is -2.25. The number of hydrogen-bond acceptors (Lipinski definition) is 3. The first kappa shape index (κ1) is 24.2. The van der Waals surface area contributed by atoms with Crippen LogP contribution in [0.5, 0.6) is 0 Å². The molecule has 2 aromatic carbocycles. The van der Waals surface area contributed by atoms with Crippen LogP contribution in [-0.2, 0) is 9.59 Å². The molecule has 0 aliphatic carbocycles. The van der Waals surface area contributed by atoms with E-state index in [1.165, 1.54) is 0 Å². The summed E-state index contributed by atoms with van der Waals surface area (Å²) in [5.41, 5.74) is 2.59. The van der Waals surface area contributed by atoms with Gasteiger partial charge < -0.3 is 10.2 Å². The molecule has 0 radical (unpaired) electrons. The fraction of sp³-hybridized carbons (Fsp3) is 0.370. The maximum absolute atomic E-state index is 13.0. The smallest absolute Gasteiger partial charge is 0.245 e. The number of unbranched alkanes of at least 4 members (excludes halogenated alkanes) is 1. The van der Waals surface area contributed by atoms with Gasteiger partial charge >= 0.3 is 0 Å². The molecule has 0 saturated carbocycles. The molecule has 3 aromatic rings. The Labute approximate surface area is 196 Å². The summed E-state index contributed by atoms with van der Waals surface area (Å²) in [6, 6.07) is 21.4. The molecule has 1 unspecified atom stereocenters. The number of hydrogen-bond donors (Lipinski definition) is 1. The van der Waals surface area contributed by atoms with Gasteiger partial charge in [-0.3, -0.25) is 9.59 Å². The zero-order valence-electron chi connectivity index (χ0n) is 19.8. The van der Waals surface area contributed by atoms with Crippen molar-refractivity contribution in [3.05, 3.63) is 66.7 Å². The van der Waals surface area contributed by atoms with Crippen molar-refractivity contribution in [2.24, 2.45) is 5.92 Å². The van der Waals surface area contributed by atoms with Crippen molar-refractivity contribution >= 4 is 17.6 Å². The van der Waals surface area contributed by atoms with E-state index in [4.69, 9.17) is 5.10 Å². The van der Waals surface area contributed by atoms with Gasteiger partial charge in [-0.15, -0.1) is 0 Å². The number of aromatic nitrogens is 2. The second-order valence-electron chi connectivity index (χ2n) is 8.18. The van der Waals surface area contributed by atoms with Gasteiger partial charge in [-0.05, 0) is 31.9 Å². The maximum Gasteiger partial charge on any atom is 0.245 e. The molecule has 0 bridgehead atoms. The predicted octanol–water partition coefficient (Wildman–Crippen LogP) is 5.54. The molecule has 0 saturated heterocycles. The van der Waals surface area contributed by atoms with E-state index < -0.39 is 0 Å². The lowest BCUT2D eigenvalue weighted by Crippen LogP contribution is -2.41. The van der Waals surface area contributed by atoms with Gasteiger partial charge in [0.2, 0.25) is 11.8 Å². The van der Waals surface area contributed by atoms with Crippen LogP contribution in [-0.4, -0.2) is 39.6 Å². The van der Waals surface area contributed by atoms with Gasteiger partial charge in [0, 0.05) is 24.1 Å². The molecule has 3 rings (SSSR count). The minimum atomic E-state index is -0.229. The topological polar surface area (TPSA) is 67.2 Å². The predicted molar refractivity (Wildman–Crippen MR) is 133 cm³/mol.